The summed E-state index contributed by atoms with van der Waals surface area (Å²) in [4.78, 5) is 58.0. The van der Waals surface area contributed by atoms with Gasteiger partial charge in [0.05, 0.1) is 37.3 Å². The summed E-state index contributed by atoms with van der Waals surface area (Å²) in [5.74, 6) is -2.56. The number of aromatic nitrogens is 1. The number of pyridine rings is 1. The molecule has 0 spiro atoms. The number of nitrogens with zero attached hydrogens (tertiary/aromatic N) is 1. The predicted octanol–water partition coefficient (Wildman–Crippen LogP) is 6.25. The molecule has 1 N–H and O–H groups in total. The van der Waals surface area contributed by atoms with Crippen LogP contribution < -0.4 is 14.8 Å². The van der Waals surface area contributed by atoms with E-state index >= 15 is 0 Å². The monoisotopic (exact) mass is 658 g/mol. The number of Topliss-reactive ketones (excluding diaryl/α,β-unsaturated/α-hetero) is 1. The highest BCUT2D eigenvalue weighted by Gasteiger charge is 2.40. The smallest absolute Gasteiger partial charge is 0.328 e. The highest BCUT2D eigenvalue weighted by atomic mass is 16.6. The Labute approximate surface area is 282 Å². The maximum Gasteiger partial charge on any atom is 0.328 e. The second kappa shape index (κ2) is 15.4. The number of hydrogen-bond acceptors (Lipinski definition) is 9. The number of esters is 2. The van der Waals surface area contributed by atoms with Crippen molar-refractivity contribution in [3.8, 4) is 22.8 Å². The highest BCUT2D eigenvalue weighted by molar-refractivity contribution is 6.03. The minimum absolute atomic E-state index is 0.103. The highest BCUT2D eigenvalue weighted by Crippen LogP contribution is 2.37. The van der Waals surface area contributed by atoms with E-state index in [1.54, 1.807) is 47.8 Å². The Kier molecular flexibility index (Phi) is 11.6. The summed E-state index contributed by atoms with van der Waals surface area (Å²) in [6.45, 7) is 10.7. The first kappa shape index (κ1) is 36.1. The Bertz CT molecular complexity index is 1680. The topological polar surface area (TPSA) is 130 Å². The quantitative estimate of drug-likeness (QED) is 0.212. The van der Waals surface area contributed by atoms with Gasteiger partial charge in [-0.3, -0.25) is 14.4 Å². The van der Waals surface area contributed by atoms with Crippen LogP contribution in [0.15, 0.2) is 66.2 Å². The van der Waals surface area contributed by atoms with Gasteiger partial charge in [0.1, 0.15) is 35.0 Å². The summed E-state index contributed by atoms with van der Waals surface area (Å²) in [7, 11) is 2.84. The zero-order chi connectivity index (χ0) is 35.2. The molecule has 3 aromatic rings. The maximum atomic E-state index is 13.9. The van der Waals surface area contributed by atoms with Gasteiger partial charge in [-0.25, -0.2) is 9.78 Å². The van der Waals surface area contributed by atoms with Crippen molar-refractivity contribution < 1.29 is 38.1 Å². The first-order valence-corrected chi connectivity index (χ1v) is 16.3. The molecular formula is C38H46N2O8. The molecule has 48 heavy (non-hydrogen) atoms. The van der Waals surface area contributed by atoms with Crippen LogP contribution in [-0.2, 0) is 28.7 Å². The second-order valence-electron chi connectivity index (χ2n) is 13.3. The molecule has 1 heterocycles. The zero-order valence-corrected chi connectivity index (χ0v) is 29.0. The lowest BCUT2D eigenvalue weighted by Gasteiger charge is -2.24. The van der Waals surface area contributed by atoms with E-state index in [0.29, 0.717) is 29.1 Å². The summed E-state index contributed by atoms with van der Waals surface area (Å²) in [6.07, 6.45) is 1.42. The van der Waals surface area contributed by atoms with Crippen LogP contribution in [-0.4, -0.2) is 60.6 Å². The van der Waals surface area contributed by atoms with Crippen molar-refractivity contribution in [1.82, 2.24) is 10.3 Å². The van der Waals surface area contributed by atoms with Gasteiger partial charge in [-0.05, 0) is 51.3 Å². The largest absolute Gasteiger partial charge is 0.497 e. The van der Waals surface area contributed by atoms with E-state index in [2.05, 4.69) is 5.32 Å². The van der Waals surface area contributed by atoms with Crippen LogP contribution in [0.25, 0.3) is 22.2 Å². The number of methoxy groups -OCH3 is 2. The number of rotatable bonds is 13. The van der Waals surface area contributed by atoms with Gasteiger partial charge in [-0.1, -0.05) is 51.1 Å². The minimum Gasteiger partial charge on any atom is -0.497 e. The number of amides is 1. The molecule has 0 saturated carbocycles. The molecule has 0 aliphatic heterocycles. The summed E-state index contributed by atoms with van der Waals surface area (Å²) >= 11 is 0. The maximum absolute atomic E-state index is 13.9. The van der Waals surface area contributed by atoms with E-state index in [1.807, 2.05) is 61.5 Å². The van der Waals surface area contributed by atoms with Gasteiger partial charge < -0.3 is 24.3 Å². The van der Waals surface area contributed by atoms with Crippen LogP contribution in [0.5, 0.6) is 11.5 Å². The van der Waals surface area contributed by atoms with Crippen LogP contribution in [0.4, 0.5) is 0 Å². The van der Waals surface area contributed by atoms with Gasteiger partial charge in [0.2, 0.25) is 5.91 Å². The number of hydrogen-bond donors (Lipinski definition) is 1. The number of carbonyl (C=O) groups is 4. The number of fused-ring (bicyclic) bond motifs is 1. The normalized spacial score (nSPS) is 17.3. The number of ketones is 1. The van der Waals surface area contributed by atoms with Crippen molar-refractivity contribution in [3.05, 3.63) is 66.2 Å². The molecule has 10 heteroatoms. The zero-order valence-electron chi connectivity index (χ0n) is 29.0. The lowest BCUT2D eigenvalue weighted by atomic mass is 9.88. The molecule has 10 nitrogen and oxygen atoms in total. The molecule has 2 unspecified atom stereocenters. The molecule has 0 bridgehead atoms. The Balaban J connectivity index is 1.71. The number of carbonyl (C=O) groups excluding carboxylic acids is 4. The van der Waals surface area contributed by atoms with E-state index < -0.39 is 47.4 Å². The third kappa shape index (κ3) is 8.79. The Hall–Kier alpha value is -4.73. The SMILES string of the molecule is CC[C@H](CC(=O)C1CC(Oc2cc(-c3ccccc3)nc3cc(OC)ccc23)C=C1C(=O)N[C@H](C(=O)OC)C(C)C)C(=O)OC(C)(C)C. The molecule has 256 valence electrons. The van der Waals surface area contributed by atoms with Crippen LogP contribution in [0.1, 0.15) is 60.8 Å². The number of ether oxygens (including phenoxy) is 4. The van der Waals surface area contributed by atoms with Crippen LogP contribution in [0, 0.1) is 17.8 Å². The predicted molar refractivity (Wildman–Crippen MR) is 182 cm³/mol. The molecule has 4 atom stereocenters. The minimum atomic E-state index is -0.920. The second-order valence-corrected chi connectivity index (χ2v) is 13.3. The molecular weight excluding hydrogens is 612 g/mol. The Morgan fingerprint density at radius 1 is 0.979 bits per heavy atom. The van der Waals surface area contributed by atoms with Gasteiger partial charge >= 0.3 is 11.9 Å². The Morgan fingerprint density at radius 3 is 2.29 bits per heavy atom. The van der Waals surface area contributed by atoms with E-state index in [4.69, 9.17) is 23.9 Å². The summed E-state index contributed by atoms with van der Waals surface area (Å²) in [5, 5.41) is 3.50. The molecule has 0 saturated heterocycles. The van der Waals surface area contributed by atoms with Crippen LogP contribution >= 0.6 is 0 Å². The molecule has 1 amide bonds. The molecule has 4 rings (SSSR count). The van der Waals surface area contributed by atoms with Gasteiger partial charge in [0.25, 0.3) is 0 Å². The lowest BCUT2D eigenvalue weighted by Crippen LogP contribution is -2.46. The van der Waals surface area contributed by atoms with Crippen molar-refractivity contribution in [3.63, 3.8) is 0 Å². The van der Waals surface area contributed by atoms with Crippen molar-refractivity contribution in [1.29, 1.82) is 0 Å². The Morgan fingerprint density at radius 2 is 1.69 bits per heavy atom. The van der Waals surface area contributed by atoms with Crippen LogP contribution in [0.2, 0.25) is 0 Å². The van der Waals surface area contributed by atoms with Gasteiger partial charge in [-0.2, -0.15) is 0 Å². The van der Waals surface area contributed by atoms with E-state index in [-0.39, 0.29) is 30.1 Å². The summed E-state index contributed by atoms with van der Waals surface area (Å²) in [5.41, 5.74) is 1.69. The summed E-state index contributed by atoms with van der Waals surface area (Å²) in [6, 6.07) is 16.1. The third-order valence-corrected chi connectivity index (χ3v) is 8.28. The van der Waals surface area contributed by atoms with Crippen molar-refractivity contribution in [2.45, 2.75) is 78.6 Å². The molecule has 1 aliphatic rings. The fourth-order valence-corrected chi connectivity index (χ4v) is 5.70. The van der Waals surface area contributed by atoms with Gasteiger partial charge in [-0.15, -0.1) is 0 Å². The average Bonchev–Trinajstić information content (AvgIpc) is 3.48. The molecule has 0 radical (unpaired) electrons. The van der Waals surface area contributed by atoms with E-state index in [1.165, 1.54) is 7.11 Å². The number of benzene rings is 2. The molecule has 1 aliphatic carbocycles. The molecule has 2 aromatic carbocycles. The summed E-state index contributed by atoms with van der Waals surface area (Å²) < 4.78 is 22.5. The first-order valence-electron chi connectivity index (χ1n) is 16.3. The number of nitrogens with one attached hydrogen (secondary N) is 1. The van der Waals surface area contributed by atoms with Crippen molar-refractivity contribution >= 4 is 34.5 Å². The fraction of sp³-hybridized carbons (Fsp3) is 0.447. The molecule has 0 fully saturated rings. The third-order valence-electron chi connectivity index (χ3n) is 8.28. The van der Waals surface area contributed by atoms with E-state index in [0.717, 1.165) is 10.9 Å². The fourth-order valence-electron chi connectivity index (χ4n) is 5.70. The van der Waals surface area contributed by atoms with Crippen molar-refractivity contribution in [2.24, 2.45) is 17.8 Å². The first-order chi connectivity index (χ1) is 22.7. The van der Waals surface area contributed by atoms with E-state index in [9.17, 15) is 19.2 Å². The van der Waals surface area contributed by atoms with Gasteiger partial charge in [0, 0.05) is 41.5 Å². The van der Waals surface area contributed by atoms with Crippen LogP contribution in [0.3, 0.4) is 0 Å². The molecule has 1 aromatic heterocycles. The van der Waals surface area contributed by atoms with Crippen molar-refractivity contribution in [2.75, 3.05) is 14.2 Å². The van der Waals surface area contributed by atoms with Gasteiger partial charge in [0.15, 0.2) is 0 Å². The lowest BCUT2D eigenvalue weighted by molar-refractivity contribution is -0.161. The standard InChI is InChI=1S/C38H46N2O8/c1-9-23(36(43)48-38(4,5)6)17-32(41)28-18-26(19-29(28)35(42)40-34(22(2)3)37(44)46-8)47-33-21-30(24-13-11-10-12-14-24)39-31-20-25(45-7)15-16-27(31)33/h10-16,19-23,26,28,34H,9,17-18H2,1-8H3,(H,40,42)/t23-,26?,28?,34+/m1/s1. The average molecular weight is 659 g/mol.